The third-order valence-corrected chi connectivity index (χ3v) is 5.65. The van der Waals surface area contributed by atoms with E-state index in [1.165, 1.54) is 0 Å². The Bertz CT molecular complexity index is 686. The first-order valence-corrected chi connectivity index (χ1v) is 9.31. The summed E-state index contributed by atoms with van der Waals surface area (Å²) in [6.45, 7) is 5.23. The van der Waals surface area contributed by atoms with E-state index >= 15 is 0 Å². The van der Waals surface area contributed by atoms with Gasteiger partial charge in [-0.2, -0.15) is 0 Å². The van der Waals surface area contributed by atoms with Crippen molar-refractivity contribution in [2.24, 2.45) is 5.73 Å². The van der Waals surface area contributed by atoms with E-state index in [4.69, 9.17) is 10.5 Å². The summed E-state index contributed by atoms with van der Waals surface area (Å²) < 4.78 is 6.24. The van der Waals surface area contributed by atoms with Crippen molar-refractivity contribution in [1.82, 2.24) is 10.2 Å². The van der Waals surface area contributed by atoms with E-state index in [0.29, 0.717) is 18.7 Å². The highest BCUT2D eigenvalue weighted by atomic mass is 16.5. The molecule has 0 aromatic heterocycles. The van der Waals surface area contributed by atoms with Gasteiger partial charge in [-0.3, -0.25) is 9.59 Å². The molecule has 2 fully saturated rings. The average Bonchev–Trinajstić information content (AvgIpc) is 3.14. The van der Waals surface area contributed by atoms with Gasteiger partial charge in [-0.25, -0.2) is 0 Å². The first-order chi connectivity index (χ1) is 12.3. The zero-order valence-electron chi connectivity index (χ0n) is 15.9. The molecule has 3 N–H and O–H groups in total. The molecule has 6 nitrogen and oxygen atoms in total. The molecule has 0 saturated carbocycles. The predicted octanol–water partition coefficient (Wildman–Crippen LogP) is 1.82. The van der Waals surface area contributed by atoms with Crippen LogP contribution in [0.1, 0.15) is 55.5 Å². The molecule has 0 unspecified atom stereocenters. The lowest BCUT2D eigenvalue weighted by molar-refractivity contribution is -0.126. The Morgan fingerprint density at radius 2 is 2.00 bits per heavy atom. The molecule has 1 spiro atoms. The molecule has 1 aromatic carbocycles. The highest BCUT2D eigenvalue weighted by molar-refractivity contribution is 5.95. The Balaban J connectivity index is 1.90. The summed E-state index contributed by atoms with van der Waals surface area (Å²) in [4.78, 5) is 27.2. The topological polar surface area (TPSA) is 84.7 Å². The molecule has 142 valence electrons. The highest BCUT2D eigenvalue weighted by Gasteiger charge is 2.58. The van der Waals surface area contributed by atoms with Gasteiger partial charge in [-0.15, -0.1) is 0 Å². The molecular formula is C20H29N3O3. The summed E-state index contributed by atoms with van der Waals surface area (Å²) in [5.74, 6) is -0.0482. The van der Waals surface area contributed by atoms with Gasteiger partial charge in [0.15, 0.2) is 0 Å². The normalized spacial score (nSPS) is 27.1. The largest absolute Gasteiger partial charge is 0.369 e. The van der Waals surface area contributed by atoms with Crippen LogP contribution in [0.5, 0.6) is 0 Å². The Labute approximate surface area is 155 Å². The summed E-state index contributed by atoms with van der Waals surface area (Å²) in [7, 11) is 1.63. The fraction of sp³-hybridized carbons (Fsp3) is 0.600. The van der Waals surface area contributed by atoms with Gasteiger partial charge in [0, 0.05) is 32.1 Å². The van der Waals surface area contributed by atoms with Gasteiger partial charge in [0.05, 0.1) is 23.7 Å². The van der Waals surface area contributed by atoms with Gasteiger partial charge in [-0.1, -0.05) is 12.1 Å². The molecule has 2 heterocycles. The number of nitrogens with zero attached hydrogens (tertiary/aromatic N) is 1. The molecule has 2 aliphatic heterocycles. The van der Waals surface area contributed by atoms with E-state index in [2.05, 4.69) is 5.32 Å². The lowest BCUT2D eigenvalue weighted by Gasteiger charge is -2.39. The zero-order valence-corrected chi connectivity index (χ0v) is 15.9. The van der Waals surface area contributed by atoms with Gasteiger partial charge in [0.2, 0.25) is 5.91 Å². The molecule has 2 amide bonds. The van der Waals surface area contributed by atoms with Crippen molar-refractivity contribution in [2.45, 2.75) is 63.3 Å². The van der Waals surface area contributed by atoms with Crippen LogP contribution in [0.2, 0.25) is 0 Å². The maximum Gasteiger partial charge on any atom is 0.254 e. The number of hydrogen-bond acceptors (Lipinski definition) is 4. The van der Waals surface area contributed by atoms with Gasteiger partial charge in [0.1, 0.15) is 0 Å². The fourth-order valence-corrected chi connectivity index (χ4v) is 4.55. The van der Waals surface area contributed by atoms with Crippen LogP contribution in [0.4, 0.5) is 0 Å². The van der Waals surface area contributed by atoms with E-state index in [9.17, 15) is 9.59 Å². The van der Waals surface area contributed by atoms with E-state index in [1.807, 2.05) is 43.0 Å². The maximum atomic E-state index is 13.3. The Kier molecular flexibility index (Phi) is 5.08. The summed E-state index contributed by atoms with van der Waals surface area (Å²) in [5.41, 5.74) is 6.54. The third kappa shape index (κ3) is 3.35. The quantitative estimate of drug-likeness (QED) is 0.859. The van der Waals surface area contributed by atoms with Gasteiger partial charge in [0.25, 0.3) is 5.91 Å². The molecule has 26 heavy (non-hydrogen) atoms. The number of hydrogen-bond donors (Lipinski definition) is 2. The summed E-state index contributed by atoms with van der Waals surface area (Å²) in [5, 5.41) is 2.68. The van der Waals surface area contributed by atoms with Crippen LogP contribution >= 0.6 is 0 Å². The fourth-order valence-electron chi connectivity index (χ4n) is 4.55. The van der Waals surface area contributed by atoms with Crippen LogP contribution in [0.15, 0.2) is 24.3 Å². The van der Waals surface area contributed by atoms with Gasteiger partial charge < -0.3 is 20.7 Å². The van der Waals surface area contributed by atoms with Gasteiger partial charge in [-0.05, 0) is 44.4 Å². The van der Waals surface area contributed by atoms with Crippen molar-refractivity contribution in [2.75, 3.05) is 13.6 Å². The van der Waals surface area contributed by atoms with Crippen LogP contribution in [0, 0.1) is 0 Å². The molecule has 1 aromatic rings. The number of nitrogens with one attached hydrogen (secondary N) is 1. The first-order valence-electron chi connectivity index (χ1n) is 9.31. The third-order valence-electron chi connectivity index (χ3n) is 5.65. The zero-order chi connectivity index (χ0) is 18.9. The number of carbonyl (C=O) groups excluding carboxylic acids is 2. The molecule has 0 radical (unpaired) electrons. The summed E-state index contributed by atoms with van der Waals surface area (Å²) in [6.07, 6.45) is 2.53. The minimum absolute atomic E-state index is 0.00859. The van der Waals surface area contributed by atoms with Crippen molar-refractivity contribution in [3.63, 3.8) is 0 Å². The first kappa shape index (κ1) is 18.9. The molecule has 6 heteroatoms. The number of benzene rings is 1. The van der Waals surface area contributed by atoms with Crippen LogP contribution in [0.3, 0.4) is 0 Å². The number of likely N-dealkylation sites (tertiary alicyclic amines) is 1. The molecule has 0 bridgehead atoms. The van der Waals surface area contributed by atoms with E-state index in [-0.39, 0.29) is 29.9 Å². The van der Waals surface area contributed by atoms with Crippen molar-refractivity contribution in [3.05, 3.63) is 35.4 Å². The Morgan fingerprint density at radius 1 is 1.31 bits per heavy atom. The lowest BCUT2D eigenvalue weighted by atomic mass is 9.82. The van der Waals surface area contributed by atoms with E-state index < -0.39 is 5.54 Å². The van der Waals surface area contributed by atoms with Gasteiger partial charge >= 0.3 is 0 Å². The van der Waals surface area contributed by atoms with Crippen molar-refractivity contribution in [1.29, 1.82) is 0 Å². The number of carbonyl (C=O) groups is 2. The lowest BCUT2D eigenvalue weighted by Crippen LogP contribution is -2.53. The van der Waals surface area contributed by atoms with Crippen LogP contribution < -0.4 is 11.1 Å². The van der Waals surface area contributed by atoms with Crippen molar-refractivity contribution in [3.8, 4) is 0 Å². The summed E-state index contributed by atoms with van der Waals surface area (Å²) >= 11 is 0. The second kappa shape index (κ2) is 7.00. The summed E-state index contributed by atoms with van der Waals surface area (Å²) in [6, 6.07) is 7.47. The maximum absolute atomic E-state index is 13.3. The molecule has 2 atom stereocenters. The molecule has 2 saturated heterocycles. The second-order valence-corrected chi connectivity index (χ2v) is 7.99. The monoisotopic (exact) mass is 359 g/mol. The highest BCUT2D eigenvalue weighted by Crippen LogP contribution is 2.49. The predicted molar refractivity (Wildman–Crippen MR) is 99.6 cm³/mol. The number of nitrogens with two attached hydrogens (primary N) is 1. The standard InChI is InChI=1S/C20H29N3O3/c1-19(2)13-20(16(26-19)11-17(24)22-3)9-4-10-23(20)18(25)15-7-5-14(12-21)6-8-15/h5-8,16H,4,9-13,21H2,1-3H3,(H,22,24)/t16-,20+/m0/s1. The number of ether oxygens (including phenoxy) is 1. The van der Waals surface area contributed by atoms with Crippen LogP contribution in [0.25, 0.3) is 0 Å². The van der Waals surface area contributed by atoms with E-state index in [1.54, 1.807) is 7.05 Å². The smallest absolute Gasteiger partial charge is 0.254 e. The molecule has 2 aliphatic rings. The SMILES string of the molecule is CNC(=O)C[C@@H]1OC(C)(C)C[C@]12CCCN2C(=O)c1ccc(CN)cc1. The Morgan fingerprint density at radius 3 is 2.62 bits per heavy atom. The number of rotatable bonds is 4. The molecule has 3 rings (SSSR count). The van der Waals surface area contributed by atoms with Crippen molar-refractivity contribution < 1.29 is 14.3 Å². The minimum atomic E-state index is -0.417. The minimum Gasteiger partial charge on any atom is -0.369 e. The second-order valence-electron chi connectivity index (χ2n) is 7.99. The van der Waals surface area contributed by atoms with Crippen LogP contribution in [-0.4, -0.2) is 47.6 Å². The average molecular weight is 359 g/mol. The van der Waals surface area contributed by atoms with Crippen molar-refractivity contribution >= 4 is 11.8 Å². The molecule has 0 aliphatic carbocycles. The Hall–Kier alpha value is -1.92. The number of amides is 2. The van der Waals surface area contributed by atoms with E-state index in [0.717, 1.165) is 24.8 Å². The van der Waals surface area contributed by atoms with Crippen LogP contribution in [-0.2, 0) is 16.1 Å². The molecular weight excluding hydrogens is 330 g/mol.